The van der Waals surface area contributed by atoms with E-state index < -0.39 is 0 Å². The number of nitrogens with zero attached hydrogens (tertiary/aromatic N) is 4. The van der Waals surface area contributed by atoms with E-state index in [-0.39, 0.29) is 6.04 Å². The zero-order valence-corrected chi connectivity index (χ0v) is 15.4. The highest BCUT2D eigenvalue weighted by Gasteiger charge is 2.24. The normalized spacial score (nSPS) is 18.9. The zero-order chi connectivity index (χ0) is 15.6. The van der Waals surface area contributed by atoms with E-state index in [4.69, 9.17) is 18.0 Å². The summed E-state index contributed by atoms with van der Waals surface area (Å²) in [5, 5.41) is 4.56. The van der Waals surface area contributed by atoms with Crippen LogP contribution in [0.1, 0.15) is 25.2 Å². The zero-order valence-electron chi connectivity index (χ0n) is 13.0. The topological polar surface area (TPSA) is 50.3 Å². The third-order valence-electron chi connectivity index (χ3n) is 4.19. The first-order valence-corrected chi connectivity index (χ1v) is 8.61. The van der Waals surface area contributed by atoms with E-state index in [9.17, 15) is 0 Å². The molecule has 1 aliphatic rings. The Morgan fingerprint density at radius 2 is 2.00 bits per heavy atom. The molecule has 2 heterocycles. The van der Waals surface area contributed by atoms with Gasteiger partial charge >= 0.3 is 0 Å². The third kappa shape index (κ3) is 3.83. The van der Waals surface area contributed by atoms with Crippen molar-refractivity contribution in [1.29, 1.82) is 0 Å². The third-order valence-corrected chi connectivity index (χ3v) is 5.57. The second kappa shape index (κ2) is 7.17. The standard InChI is InChI=1S/C14H24BrN5S/c1-4-20-12(13(15)10(2)17-20)9-18-5-7-19(8-6-18)11(3)14(16)21/h11H,4-9H2,1-3H3,(H2,16,21). The van der Waals surface area contributed by atoms with Crippen LogP contribution in [-0.4, -0.2) is 56.8 Å². The van der Waals surface area contributed by atoms with Gasteiger partial charge in [0.1, 0.15) is 0 Å². The van der Waals surface area contributed by atoms with Crippen molar-refractivity contribution < 1.29 is 0 Å². The van der Waals surface area contributed by atoms with Crippen LogP contribution in [-0.2, 0) is 13.1 Å². The number of aryl methyl sites for hydroxylation is 2. The van der Waals surface area contributed by atoms with Crippen molar-refractivity contribution in [2.24, 2.45) is 5.73 Å². The summed E-state index contributed by atoms with van der Waals surface area (Å²) in [5.41, 5.74) is 8.08. The van der Waals surface area contributed by atoms with Gasteiger partial charge in [0.05, 0.1) is 26.9 Å². The largest absolute Gasteiger partial charge is 0.392 e. The highest BCUT2D eigenvalue weighted by atomic mass is 79.9. The van der Waals surface area contributed by atoms with E-state index in [0.29, 0.717) is 4.99 Å². The van der Waals surface area contributed by atoms with Crippen molar-refractivity contribution in [3.05, 3.63) is 15.9 Å². The van der Waals surface area contributed by atoms with Crippen LogP contribution < -0.4 is 5.73 Å². The fraction of sp³-hybridized carbons (Fsp3) is 0.714. The van der Waals surface area contributed by atoms with Crippen molar-refractivity contribution in [2.45, 2.75) is 39.9 Å². The van der Waals surface area contributed by atoms with E-state index in [0.717, 1.165) is 49.4 Å². The summed E-state index contributed by atoms with van der Waals surface area (Å²) in [6, 6.07) is 0.192. The van der Waals surface area contributed by atoms with Gasteiger partial charge < -0.3 is 5.73 Å². The number of aromatic nitrogens is 2. The SMILES string of the molecule is CCn1nc(C)c(Br)c1CN1CCN(C(C)C(N)=S)CC1. The summed E-state index contributed by atoms with van der Waals surface area (Å²) in [6.45, 7) is 12.2. The maximum atomic E-state index is 5.74. The predicted octanol–water partition coefficient (Wildman–Crippen LogP) is 1.77. The summed E-state index contributed by atoms with van der Waals surface area (Å²) in [6.07, 6.45) is 0. The molecule has 2 N–H and O–H groups in total. The fourth-order valence-electron chi connectivity index (χ4n) is 2.72. The van der Waals surface area contributed by atoms with Crippen LogP contribution in [0.25, 0.3) is 0 Å². The van der Waals surface area contributed by atoms with Gasteiger partial charge in [0.15, 0.2) is 0 Å². The number of hydrogen-bond acceptors (Lipinski definition) is 4. The number of rotatable bonds is 5. The first-order valence-electron chi connectivity index (χ1n) is 7.41. The molecule has 1 aromatic heterocycles. The lowest BCUT2D eigenvalue weighted by Crippen LogP contribution is -2.52. The Morgan fingerprint density at radius 3 is 2.52 bits per heavy atom. The van der Waals surface area contributed by atoms with E-state index in [1.165, 1.54) is 5.69 Å². The Balaban J connectivity index is 1.96. The van der Waals surface area contributed by atoms with Gasteiger partial charge in [0, 0.05) is 39.3 Å². The molecule has 1 fully saturated rings. The molecule has 0 saturated carbocycles. The van der Waals surface area contributed by atoms with Crippen molar-refractivity contribution in [3.63, 3.8) is 0 Å². The molecule has 0 aromatic carbocycles. The number of piperazine rings is 1. The molecule has 1 aliphatic heterocycles. The quantitative estimate of drug-likeness (QED) is 0.797. The Kier molecular flexibility index (Phi) is 5.76. The van der Waals surface area contributed by atoms with Gasteiger partial charge in [-0.25, -0.2) is 0 Å². The van der Waals surface area contributed by atoms with E-state index in [1.54, 1.807) is 0 Å². The molecular weight excluding hydrogens is 350 g/mol. The van der Waals surface area contributed by atoms with Crippen LogP contribution in [0.3, 0.4) is 0 Å². The van der Waals surface area contributed by atoms with Crippen LogP contribution >= 0.6 is 28.1 Å². The minimum absolute atomic E-state index is 0.192. The smallest absolute Gasteiger partial charge is 0.0899 e. The summed E-state index contributed by atoms with van der Waals surface area (Å²) in [4.78, 5) is 5.41. The summed E-state index contributed by atoms with van der Waals surface area (Å²) in [7, 11) is 0. The van der Waals surface area contributed by atoms with Gasteiger partial charge in [-0.3, -0.25) is 14.5 Å². The number of nitrogens with two attached hydrogens (primary N) is 1. The monoisotopic (exact) mass is 373 g/mol. The number of thiocarbonyl (C=S) groups is 1. The summed E-state index contributed by atoms with van der Waals surface area (Å²) < 4.78 is 3.23. The molecule has 1 saturated heterocycles. The van der Waals surface area contributed by atoms with E-state index in [1.807, 2.05) is 6.92 Å². The summed E-state index contributed by atoms with van der Waals surface area (Å²) in [5.74, 6) is 0. The molecule has 21 heavy (non-hydrogen) atoms. The molecule has 118 valence electrons. The van der Waals surface area contributed by atoms with E-state index >= 15 is 0 Å². The number of hydrogen-bond donors (Lipinski definition) is 1. The van der Waals surface area contributed by atoms with Crippen molar-refractivity contribution in [2.75, 3.05) is 26.2 Å². The molecular formula is C14H24BrN5S. The average Bonchev–Trinajstić information content (AvgIpc) is 2.75. The summed E-state index contributed by atoms with van der Waals surface area (Å²) >= 11 is 8.76. The lowest BCUT2D eigenvalue weighted by molar-refractivity contribution is 0.115. The van der Waals surface area contributed by atoms with Crippen molar-refractivity contribution in [1.82, 2.24) is 19.6 Å². The molecule has 5 nitrogen and oxygen atoms in total. The molecule has 0 aliphatic carbocycles. The molecule has 0 spiro atoms. The fourth-order valence-corrected chi connectivity index (χ4v) is 3.28. The van der Waals surface area contributed by atoms with Crippen LogP contribution in [0.5, 0.6) is 0 Å². The first-order chi connectivity index (χ1) is 9.93. The molecule has 2 rings (SSSR count). The highest BCUT2D eigenvalue weighted by Crippen LogP contribution is 2.23. The van der Waals surface area contributed by atoms with Gasteiger partial charge in [0.25, 0.3) is 0 Å². The van der Waals surface area contributed by atoms with E-state index in [2.05, 4.69) is 49.4 Å². The van der Waals surface area contributed by atoms with Gasteiger partial charge in [-0.2, -0.15) is 5.10 Å². The predicted molar refractivity (Wildman–Crippen MR) is 93.4 cm³/mol. The molecule has 1 aromatic rings. The second-order valence-electron chi connectivity index (χ2n) is 5.55. The van der Waals surface area contributed by atoms with Crippen LogP contribution in [0.2, 0.25) is 0 Å². The first kappa shape index (κ1) is 16.9. The van der Waals surface area contributed by atoms with Crippen molar-refractivity contribution >= 4 is 33.1 Å². The maximum Gasteiger partial charge on any atom is 0.0899 e. The Hall–Kier alpha value is -0.500. The molecule has 1 atom stereocenters. The minimum Gasteiger partial charge on any atom is -0.392 e. The number of halogens is 1. The Labute approximate surface area is 140 Å². The Bertz CT molecular complexity index is 508. The van der Waals surface area contributed by atoms with Gasteiger partial charge in [0.2, 0.25) is 0 Å². The lowest BCUT2D eigenvalue weighted by atomic mass is 10.2. The van der Waals surface area contributed by atoms with Crippen LogP contribution in [0.15, 0.2) is 4.47 Å². The molecule has 0 bridgehead atoms. The van der Waals surface area contributed by atoms with Crippen molar-refractivity contribution in [3.8, 4) is 0 Å². The second-order valence-corrected chi connectivity index (χ2v) is 6.82. The molecule has 1 unspecified atom stereocenters. The van der Waals surface area contributed by atoms with Crippen LogP contribution in [0.4, 0.5) is 0 Å². The molecule has 7 heteroatoms. The van der Waals surface area contributed by atoms with Gasteiger partial charge in [-0.15, -0.1) is 0 Å². The lowest BCUT2D eigenvalue weighted by Gasteiger charge is -2.37. The Morgan fingerprint density at radius 1 is 1.38 bits per heavy atom. The van der Waals surface area contributed by atoms with Crippen LogP contribution in [0, 0.1) is 6.92 Å². The maximum absolute atomic E-state index is 5.74. The minimum atomic E-state index is 0.192. The highest BCUT2D eigenvalue weighted by molar-refractivity contribution is 9.10. The van der Waals surface area contributed by atoms with Gasteiger partial charge in [-0.1, -0.05) is 12.2 Å². The molecule has 0 radical (unpaired) electrons. The van der Waals surface area contributed by atoms with Gasteiger partial charge in [-0.05, 0) is 36.7 Å². The average molecular weight is 374 g/mol. The molecule has 0 amide bonds.